The molecule has 1 aliphatic rings. The summed E-state index contributed by atoms with van der Waals surface area (Å²) in [6, 6.07) is 3.98. The number of carbonyl (C=O) groups excluding carboxylic acids is 1. The van der Waals surface area contributed by atoms with E-state index < -0.39 is 5.97 Å². The first-order valence-electron chi connectivity index (χ1n) is 5.82. The van der Waals surface area contributed by atoms with E-state index in [0.717, 1.165) is 31.9 Å². The van der Waals surface area contributed by atoms with Crippen molar-refractivity contribution in [3.05, 3.63) is 23.7 Å². The molecule has 1 aromatic heterocycles. The lowest BCUT2D eigenvalue weighted by molar-refractivity contribution is 0.0559. The number of ether oxygens (including phenoxy) is 1. The fourth-order valence-electron chi connectivity index (χ4n) is 1.99. The van der Waals surface area contributed by atoms with Gasteiger partial charge in [0.2, 0.25) is 5.76 Å². The van der Waals surface area contributed by atoms with Crippen LogP contribution in [0.2, 0.25) is 0 Å². The van der Waals surface area contributed by atoms with Crippen molar-refractivity contribution in [1.29, 1.82) is 0 Å². The minimum atomic E-state index is -0.426. The Morgan fingerprint density at radius 3 is 3.06 bits per heavy atom. The van der Waals surface area contributed by atoms with Gasteiger partial charge in [0.25, 0.3) is 0 Å². The van der Waals surface area contributed by atoms with Crippen molar-refractivity contribution < 1.29 is 13.9 Å². The zero-order chi connectivity index (χ0) is 12.3. The lowest BCUT2D eigenvalue weighted by Crippen LogP contribution is -2.49. The van der Waals surface area contributed by atoms with Crippen LogP contribution in [0.4, 0.5) is 0 Å². The van der Waals surface area contributed by atoms with Crippen LogP contribution < -0.4 is 5.32 Å². The van der Waals surface area contributed by atoms with Gasteiger partial charge in [-0.05, 0) is 19.1 Å². The molecule has 0 spiro atoms. The van der Waals surface area contributed by atoms with Crippen molar-refractivity contribution in [2.45, 2.75) is 19.5 Å². The van der Waals surface area contributed by atoms with Gasteiger partial charge in [-0.3, -0.25) is 4.90 Å². The number of esters is 1. The van der Waals surface area contributed by atoms with Gasteiger partial charge in [-0.15, -0.1) is 12.4 Å². The second-order valence-electron chi connectivity index (χ2n) is 4.28. The quantitative estimate of drug-likeness (QED) is 0.842. The molecule has 1 aliphatic heterocycles. The van der Waals surface area contributed by atoms with Crippen LogP contribution in [0.25, 0.3) is 0 Å². The van der Waals surface area contributed by atoms with E-state index in [9.17, 15) is 4.79 Å². The Bertz CT molecular complexity index is 394. The largest absolute Gasteiger partial charge is 0.463 e. The number of rotatable bonds is 3. The van der Waals surface area contributed by atoms with E-state index in [1.165, 1.54) is 7.11 Å². The number of hydrogen-bond donors (Lipinski definition) is 1. The molecule has 1 atom stereocenters. The highest BCUT2D eigenvalue weighted by atomic mass is 35.5. The minimum absolute atomic E-state index is 0. The second-order valence-corrected chi connectivity index (χ2v) is 4.28. The molecule has 0 amide bonds. The van der Waals surface area contributed by atoms with Crippen molar-refractivity contribution in [1.82, 2.24) is 10.2 Å². The van der Waals surface area contributed by atoms with Gasteiger partial charge in [0, 0.05) is 25.7 Å². The van der Waals surface area contributed by atoms with Crippen LogP contribution >= 0.6 is 12.4 Å². The summed E-state index contributed by atoms with van der Waals surface area (Å²) in [4.78, 5) is 13.6. The standard InChI is InChI=1S/C12H18N2O3.ClH/c1-9-7-13-5-6-14(9)8-10-3-4-11(17-10)12(15)16-2;/h3-4,9,13H,5-8H2,1-2H3;1H/t9-;/m0./s1. The molecule has 102 valence electrons. The van der Waals surface area contributed by atoms with Crippen LogP contribution in [0.15, 0.2) is 16.5 Å². The average molecular weight is 275 g/mol. The number of halogens is 1. The van der Waals surface area contributed by atoms with Gasteiger partial charge in [-0.1, -0.05) is 0 Å². The van der Waals surface area contributed by atoms with E-state index in [4.69, 9.17) is 4.42 Å². The van der Waals surface area contributed by atoms with Crippen LogP contribution in [0.3, 0.4) is 0 Å². The Balaban J connectivity index is 0.00000162. The van der Waals surface area contributed by atoms with E-state index >= 15 is 0 Å². The van der Waals surface area contributed by atoms with Crippen molar-refractivity contribution in [2.24, 2.45) is 0 Å². The van der Waals surface area contributed by atoms with Crippen LogP contribution in [-0.2, 0) is 11.3 Å². The first-order valence-corrected chi connectivity index (χ1v) is 5.82. The maximum atomic E-state index is 11.2. The molecular formula is C12H19ClN2O3. The monoisotopic (exact) mass is 274 g/mol. The Morgan fingerprint density at radius 2 is 2.39 bits per heavy atom. The summed E-state index contributed by atoms with van der Waals surface area (Å²) in [5.74, 6) is 0.647. The molecule has 18 heavy (non-hydrogen) atoms. The van der Waals surface area contributed by atoms with Gasteiger partial charge in [-0.2, -0.15) is 0 Å². The highest BCUT2D eigenvalue weighted by Gasteiger charge is 2.20. The van der Waals surface area contributed by atoms with Crippen LogP contribution in [0.5, 0.6) is 0 Å². The van der Waals surface area contributed by atoms with E-state index in [2.05, 4.69) is 21.9 Å². The third-order valence-corrected chi connectivity index (χ3v) is 3.05. The Labute approximate surface area is 113 Å². The molecule has 1 fully saturated rings. The SMILES string of the molecule is COC(=O)c1ccc(CN2CCNC[C@@H]2C)o1.Cl. The van der Waals surface area contributed by atoms with Gasteiger partial charge in [0.1, 0.15) is 5.76 Å². The Morgan fingerprint density at radius 1 is 1.61 bits per heavy atom. The summed E-state index contributed by atoms with van der Waals surface area (Å²) < 4.78 is 10.1. The minimum Gasteiger partial charge on any atom is -0.463 e. The van der Waals surface area contributed by atoms with E-state index in [-0.39, 0.29) is 18.2 Å². The summed E-state index contributed by atoms with van der Waals surface area (Å²) in [5, 5.41) is 3.34. The third-order valence-electron chi connectivity index (χ3n) is 3.05. The highest BCUT2D eigenvalue weighted by Crippen LogP contribution is 2.14. The molecule has 0 radical (unpaired) electrons. The zero-order valence-electron chi connectivity index (χ0n) is 10.6. The number of hydrogen-bond acceptors (Lipinski definition) is 5. The van der Waals surface area contributed by atoms with Crippen LogP contribution in [-0.4, -0.2) is 43.7 Å². The first kappa shape index (κ1) is 15.0. The molecular weight excluding hydrogens is 256 g/mol. The lowest BCUT2D eigenvalue weighted by atomic mass is 10.2. The fourth-order valence-corrected chi connectivity index (χ4v) is 1.99. The topological polar surface area (TPSA) is 54.7 Å². The van der Waals surface area contributed by atoms with Crippen molar-refractivity contribution >= 4 is 18.4 Å². The van der Waals surface area contributed by atoms with E-state index in [0.29, 0.717) is 6.04 Å². The summed E-state index contributed by atoms with van der Waals surface area (Å²) >= 11 is 0. The fraction of sp³-hybridized carbons (Fsp3) is 0.583. The van der Waals surface area contributed by atoms with Gasteiger partial charge in [0.15, 0.2) is 0 Å². The number of nitrogens with zero attached hydrogens (tertiary/aromatic N) is 1. The van der Waals surface area contributed by atoms with Crippen molar-refractivity contribution in [3.8, 4) is 0 Å². The second kappa shape index (κ2) is 6.78. The molecule has 0 aliphatic carbocycles. The summed E-state index contributed by atoms with van der Waals surface area (Å²) in [6.07, 6.45) is 0. The summed E-state index contributed by atoms with van der Waals surface area (Å²) in [5.41, 5.74) is 0. The van der Waals surface area contributed by atoms with Gasteiger partial charge in [0.05, 0.1) is 13.7 Å². The molecule has 0 saturated carbocycles. The van der Waals surface area contributed by atoms with Crippen molar-refractivity contribution in [2.75, 3.05) is 26.7 Å². The third kappa shape index (κ3) is 3.48. The maximum absolute atomic E-state index is 11.2. The van der Waals surface area contributed by atoms with Gasteiger partial charge >= 0.3 is 5.97 Å². The molecule has 2 heterocycles. The molecule has 0 aromatic carbocycles. The van der Waals surface area contributed by atoms with Crippen LogP contribution in [0.1, 0.15) is 23.2 Å². The summed E-state index contributed by atoms with van der Waals surface area (Å²) in [7, 11) is 1.35. The Kier molecular flexibility index (Phi) is 5.65. The maximum Gasteiger partial charge on any atom is 0.373 e. The summed E-state index contributed by atoms with van der Waals surface area (Å²) in [6.45, 7) is 5.89. The first-order chi connectivity index (χ1) is 8.20. The predicted molar refractivity (Wildman–Crippen MR) is 70.0 cm³/mol. The smallest absolute Gasteiger partial charge is 0.373 e. The molecule has 1 N–H and O–H groups in total. The average Bonchev–Trinajstić information content (AvgIpc) is 2.80. The molecule has 6 heteroatoms. The van der Waals surface area contributed by atoms with Gasteiger partial charge < -0.3 is 14.5 Å². The lowest BCUT2D eigenvalue weighted by Gasteiger charge is -2.33. The predicted octanol–water partition coefficient (Wildman–Crippen LogP) is 1.28. The molecule has 0 bridgehead atoms. The number of nitrogens with one attached hydrogen (secondary N) is 1. The van der Waals surface area contributed by atoms with Crippen LogP contribution in [0, 0.1) is 0 Å². The van der Waals surface area contributed by atoms with Gasteiger partial charge in [-0.25, -0.2) is 4.79 Å². The Hall–Kier alpha value is -1.04. The highest BCUT2D eigenvalue weighted by molar-refractivity contribution is 5.86. The molecule has 1 saturated heterocycles. The number of methoxy groups -OCH3 is 1. The molecule has 1 aromatic rings. The number of piperazine rings is 1. The zero-order valence-corrected chi connectivity index (χ0v) is 11.5. The normalized spacial score (nSPS) is 20.2. The molecule has 2 rings (SSSR count). The molecule has 5 nitrogen and oxygen atoms in total. The van der Waals surface area contributed by atoms with Crippen molar-refractivity contribution in [3.63, 3.8) is 0 Å². The van der Waals surface area contributed by atoms with E-state index in [1.807, 2.05) is 6.07 Å². The van der Waals surface area contributed by atoms with E-state index in [1.54, 1.807) is 6.07 Å². The molecule has 0 unspecified atom stereocenters. The number of carbonyl (C=O) groups is 1. The number of furan rings is 1.